The summed E-state index contributed by atoms with van der Waals surface area (Å²) in [6.45, 7) is 5.98. The Morgan fingerprint density at radius 3 is 2.88 bits per heavy atom. The Hall–Kier alpha value is -2.13. The Morgan fingerprint density at radius 1 is 1.29 bits per heavy atom. The molecule has 0 aromatic carbocycles. The van der Waals surface area contributed by atoms with E-state index in [9.17, 15) is 4.79 Å². The predicted molar refractivity (Wildman–Crippen MR) is 88.2 cm³/mol. The van der Waals surface area contributed by atoms with Crippen molar-refractivity contribution in [3.63, 3.8) is 0 Å². The molecule has 9 heteroatoms. The van der Waals surface area contributed by atoms with Crippen molar-refractivity contribution >= 4 is 23.4 Å². The number of carbonyl (C=O) groups is 1. The smallest absolute Gasteiger partial charge is 0.267 e. The van der Waals surface area contributed by atoms with Crippen LogP contribution in [0.15, 0.2) is 6.20 Å². The molecule has 2 aromatic heterocycles. The first kappa shape index (κ1) is 15.4. The third-order valence-electron chi connectivity index (χ3n) is 4.36. The van der Waals surface area contributed by atoms with Gasteiger partial charge in [0, 0.05) is 25.8 Å². The second-order valence-electron chi connectivity index (χ2n) is 5.91. The molecule has 2 aromatic rings. The van der Waals surface area contributed by atoms with E-state index in [4.69, 9.17) is 9.72 Å². The van der Waals surface area contributed by atoms with E-state index < -0.39 is 0 Å². The van der Waals surface area contributed by atoms with Crippen LogP contribution in [0.1, 0.15) is 26.6 Å². The molecule has 0 atom stereocenters. The summed E-state index contributed by atoms with van der Waals surface area (Å²) >= 11 is 1.15. The molecule has 2 aliphatic rings. The van der Waals surface area contributed by atoms with Gasteiger partial charge in [-0.05, 0) is 30.4 Å². The molecule has 0 N–H and O–H groups in total. The average molecular weight is 346 g/mol. The number of rotatable bonds is 2. The number of aromatic nitrogens is 4. The van der Waals surface area contributed by atoms with Crippen molar-refractivity contribution in [3.05, 3.63) is 28.0 Å². The summed E-state index contributed by atoms with van der Waals surface area (Å²) in [5, 5.41) is 3.93. The van der Waals surface area contributed by atoms with Gasteiger partial charge in [-0.15, -0.1) is 5.10 Å². The van der Waals surface area contributed by atoms with E-state index in [0.29, 0.717) is 36.9 Å². The minimum atomic E-state index is -0.0142. The highest BCUT2D eigenvalue weighted by molar-refractivity contribution is 7.07. The number of fused-ring (bicyclic) bond motifs is 1. The van der Waals surface area contributed by atoms with Crippen LogP contribution in [0.2, 0.25) is 0 Å². The van der Waals surface area contributed by atoms with Crippen molar-refractivity contribution in [1.29, 1.82) is 0 Å². The van der Waals surface area contributed by atoms with E-state index in [1.807, 2.05) is 18.0 Å². The summed E-state index contributed by atoms with van der Waals surface area (Å²) in [6.07, 6.45) is 2.67. The van der Waals surface area contributed by atoms with Crippen molar-refractivity contribution in [3.8, 4) is 0 Å². The van der Waals surface area contributed by atoms with Crippen molar-refractivity contribution in [1.82, 2.24) is 24.5 Å². The topological polar surface area (TPSA) is 84.3 Å². The first-order valence-corrected chi connectivity index (χ1v) is 8.75. The van der Waals surface area contributed by atoms with Gasteiger partial charge in [0.2, 0.25) is 5.95 Å². The second-order valence-corrected chi connectivity index (χ2v) is 6.66. The van der Waals surface area contributed by atoms with Crippen LogP contribution in [0.4, 0.5) is 5.95 Å². The third kappa shape index (κ3) is 2.84. The van der Waals surface area contributed by atoms with Crippen molar-refractivity contribution in [2.45, 2.75) is 19.9 Å². The molecule has 4 rings (SSSR count). The zero-order valence-corrected chi connectivity index (χ0v) is 14.3. The van der Waals surface area contributed by atoms with E-state index in [-0.39, 0.29) is 5.91 Å². The minimum Gasteiger partial charge on any atom is -0.378 e. The molecule has 2 aliphatic heterocycles. The molecule has 8 nitrogen and oxygen atoms in total. The van der Waals surface area contributed by atoms with Crippen molar-refractivity contribution in [2.24, 2.45) is 0 Å². The third-order valence-corrected chi connectivity index (χ3v) is 5.18. The number of ether oxygens (including phenoxy) is 1. The number of aryl methyl sites for hydroxylation is 1. The lowest BCUT2D eigenvalue weighted by atomic mass is 10.1. The Morgan fingerprint density at radius 2 is 2.12 bits per heavy atom. The van der Waals surface area contributed by atoms with Crippen LogP contribution in [0.3, 0.4) is 0 Å². The predicted octanol–water partition coefficient (Wildman–Crippen LogP) is 0.672. The number of carbonyl (C=O) groups excluding carboxylic acids is 1. The number of hydrogen-bond acceptors (Lipinski definition) is 8. The molecular weight excluding hydrogens is 328 g/mol. The van der Waals surface area contributed by atoms with Crippen LogP contribution in [-0.2, 0) is 17.7 Å². The monoisotopic (exact) mass is 346 g/mol. The quantitative estimate of drug-likeness (QED) is 0.790. The molecule has 0 unspecified atom stereocenters. The van der Waals surface area contributed by atoms with E-state index >= 15 is 0 Å². The molecule has 0 aliphatic carbocycles. The van der Waals surface area contributed by atoms with Crippen LogP contribution in [0, 0.1) is 6.92 Å². The summed E-state index contributed by atoms with van der Waals surface area (Å²) in [6, 6.07) is 0. The van der Waals surface area contributed by atoms with E-state index in [1.54, 1.807) is 0 Å². The molecule has 0 saturated carbocycles. The maximum Gasteiger partial charge on any atom is 0.267 e. The van der Waals surface area contributed by atoms with Crippen LogP contribution >= 0.6 is 11.5 Å². The van der Waals surface area contributed by atoms with Gasteiger partial charge in [0.1, 0.15) is 4.88 Å². The lowest BCUT2D eigenvalue weighted by molar-refractivity contribution is 0.0735. The first-order chi connectivity index (χ1) is 11.7. The molecule has 24 heavy (non-hydrogen) atoms. The fraction of sp³-hybridized carbons (Fsp3) is 0.533. The number of morpholine rings is 1. The minimum absolute atomic E-state index is 0.0142. The fourth-order valence-corrected chi connectivity index (χ4v) is 3.58. The van der Waals surface area contributed by atoms with E-state index in [1.165, 1.54) is 0 Å². The summed E-state index contributed by atoms with van der Waals surface area (Å²) in [4.78, 5) is 26.4. The zero-order valence-electron chi connectivity index (χ0n) is 13.4. The zero-order chi connectivity index (χ0) is 16.5. The van der Waals surface area contributed by atoms with Gasteiger partial charge in [-0.2, -0.15) is 0 Å². The second kappa shape index (κ2) is 6.40. The summed E-state index contributed by atoms with van der Waals surface area (Å²) in [5.41, 5.74) is 2.74. The summed E-state index contributed by atoms with van der Waals surface area (Å²) in [5.74, 6) is 0.710. The molecule has 126 valence electrons. The Balaban J connectivity index is 1.55. The first-order valence-electron chi connectivity index (χ1n) is 7.98. The van der Waals surface area contributed by atoms with Gasteiger partial charge >= 0.3 is 0 Å². The normalized spacial score (nSPS) is 17.7. The lowest BCUT2D eigenvalue weighted by Crippen LogP contribution is -2.39. The van der Waals surface area contributed by atoms with Crippen molar-refractivity contribution < 1.29 is 9.53 Å². The lowest BCUT2D eigenvalue weighted by Gasteiger charge is -2.30. The van der Waals surface area contributed by atoms with Crippen LogP contribution in [0.5, 0.6) is 0 Å². The van der Waals surface area contributed by atoms with Gasteiger partial charge in [-0.25, -0.2) is 9.97 Å². The number of hydrogen-bond donors (Lipinski definition) is 0. The number of anilines is 1. The average Bonchev–Trinajstić information content (AvgIpc) is 3.07. The molecule has 4 heterocycles. The van der Waals surface area contributed by atoms with Gasteiger partial charge < -0.3 is 14.5 Å². The summed E-state index contributed by atoms with van der Waals surface area (Å²) in [7, 11) is 0. The van der Waals surface area contributed by atoms with Crippen LogP contribution in [-0.4, -0.2) is 63.2 Å². The molecule has 1 saturated heterocycles. The van der Waals surface area contributed by atoms with Gasteiger partial charge in [0.25, 0.3) is 5.91 Å². The van der Waals surface area contributed by atoms with Crippen LogP contribution < -0.4 is 4.90 Å². The number of nitrogens with zero attached hydrogens (tertiary/aromatic N) is 6. The maximum atomic E-state index is 12.7. The Labute approximate surface area is 143 Å². The molecule has 1 fully saturated rings. The van der Waals surface area contributed by atoms with Gasteiger partial charge in [-0.3, -0.25) is 4.79 Å². The maximum absolute atomic E-state index is 12.7. The highest BCUT2D eigenvalue weighted by atomic mass is 32.1. The van der Waals surface area contributed by atoms with Gasteiger partial charge in [0.05, 0.1) is 31.1 Å². The fourth-order valence-electron chi connectivity index (χ4n) is 2.95. The molecule has 1 amide bonds. The molecule has 0 bridgehead atoms. The highest BCUT2D eigenvalue weighted by Gasteiger charge is 2.26. The van der Waals surface area contributed by atoms with Crippen molar-refractivity contribution in [2.75, 3.05) is 37.7 Å². The van der Waals surface area contributed by atoms with E-state index in [0.717, 1.165) is 48.2 Å². The largest absolute Gasteiger partial charge is 0.378 e. The standard InChI is InChI=1S/C15H18N6O2S/c1-10-13(24-19-18-10)14(22)21-3-2-11-8-16-15(17-12(11)9-21)20-4-6-23-7-5-20/h8H,2-7,9H2,1H3. The SMILES string of the molecule is Cc1nnsc1C(=O)N1CCc2cnc(N3CCOCC3)nc2C1. The molecular formula is C15H18N6O2S. The molecule has 0 radical (unpaired) electrons. The molecule has 0 spiro atoms. The summed E-state index contributed by atoms with van der Waals surface area (Å²) < 4.78 is 9.23. The highest BCUT2D eigenvalue weighted by Crippen LogP contribution is 2.22. The number of amides is 1. The van der Waals surface area contributed by atoms with Gasteiger partial charge in [-0.1, -0.05) is 4.49 Å². The van der Waals surface area contributed by atoms with E-state index in [2.05, 4.69) is 19.5 Å². The Bertz CT molecular complexity index is 758. The Kier molecular flexibility index (Phi) is 4.11. The van der Waals surface area contributed by atoms with Gasteiger partial charge in [0.15, 0.2) is 0 Å². The van der Waals surface area contributed by atoms with Crippen LogP contribution in [0.25, 0.3) is 0 Å².